The molecule has 8 heteroatoms. The summed E-state index contributed by atoms with van der Waals surface area (Å²) in [5.41, 5.74) is 1.22. The van der Waals surface area contributed by atoms with Gasteiger partial charge in [-0.2, -0.15) is 0 Å². The summed E-state index contributed by atoms with van der Waals surface area (Å²) in [4.78, 5) is 8.68. The maximum absolute atomic E-state index is 13.0. The Labute approximate surface area is 193 Å². The average molecular weight is 523 g/mol. The number of nitrogens with zero attached hydrogens (tertiary/aromatic N) is 3. The second kappa shape index (κ2) is 12.2. The van der Waals surface area contributed by atoms with E-state index in [1.165, 1.54) is 17.7 Å². The van der Waals surface area contributed by atoms with Gasteiger partial charge in [0.25, 0.3) is 0 Å². The first-order valence-electron chi connectivity index (χ1n) is 9.54. The molecule has 1 aromatic heterocycles. The molecule has 0 aliphatic rings. The van der Waals surface area contributed by atoms with E-state index in [1.54, 1.807) is 25.4 Å². The van der Waals surface area contributed by atoms with E-state index in [9.17, 15) is 4.39 Å². The van der Waals surface area contributed by atoms with Crippen LogP contribution in [0.5, 0.6) is 5.75 Å². The summed E-state index contributed by atoms with van der Waals surface area (Å²) in [7, 11) is 1.72. The molecule has 0 radical (unpaired) electrons. The van der Waals surface area contributed by atoms with E-state index in [4.69, 9.17) is 4.74 Å². The summed E-state index contributed by atoms with van der Waals surface area (Å²) >= 11 is 0. The van der Waals surface area contributed by atoms with Gasteiger partial charge in [0.2, 0.25) is 0 Å². The molecule has 1 unspecified atom stereocenters. The second-order valence-corrected chi connectivity index (χ2v) is 6.65. The van der Waals surface area contributed by atoms with Crippen molar-refractivity contribution in [2.75, 3.05) is 13.6 Å². The molecule has 30 heavy (non-hydrogen) atoms. The van der Waals surface area contributed by atoms with Crippen molar-refractivity contribution in [1.29, 1.82) is 0 Å². The van der Waals surface area contributed by atoms with Gasteiger partial charge in [0.05, 0.1) is 13.1 Å². The largest absolute Gasteiger partial charge is 0.489 e. The van der Waals surface area contributed by atoms with Gasteiger partial charge in [-0.1, -0.05) is 30.3 Å². The molecule has 0 saturated carbocycles. The first-order chi connectivity index (χ1) is 14.1. The highest BCUT2D eigenvalue weighted by Gasteiger charge is 2.08. The van der Waals surface area contributed by atoms with Gasteiger partial charge in [-0.15, -0.1) is 24.0 Å². The number of aromatic nitrogens is 2. The third kappa shape index (κ3) is 7.33. The lowest BCUT2D eigenvalue weighted by atomic mass is 10.2. The fourth-order valence-corrected chi connectivity index (χ4v) is 2.84. The minimum Gasteiger partial charge on any atom is -0.489 e. The Hall–Kier alpha value is -2.62. The van der Waals surface area contributed by atoms with Crippen LogP contribution in [0.25, 0.3) is 0 Å². The summed E-state index contributed by atoms with van der Waals surface area (Å²) in [5, 5.41) is 6.51. The zero-order valence-corrected chi connectivity index (χ0v) is 19.4. The monoisotopic (exact) mass is 523 g/mol. The Balaban J connectivity index is 0.00000320. The van der Waals surface area contributed by atoms with Crippen molar-refractivity contribution in [2.24, 2.45) is 4.99 Å². The molecule has 0 amide bonds. The molecule has 2 aromatic carbocycles. The fraction of sp³-hybridized carbons (Fsp3) is 0.273. The number of halogens is 2. The smallest absolute Gasteiger partial charge is 0.191 e. The number of aliphatic imine (C=N–C) groups is 1. The molecule has 3 aromatic rings. The van der Waals surface area contributed by atoms with Gasteiger partial charge in [0.1, 0.15) is 23.5 Å². The standard InChI is InChI=1S/C22H26FN5O.HI/c1-17(29-20-10-8-19(23)9-11-20)14-26-22(24-2)27-15-21-25-12-13-28(21)16-18-6-4-3-5-7-18;/h3-13,17H,14-16H2,1-2H3,(H2,24,26,27);1H. The highest BCUT2D eigenvalue weighted by Crippen LogP contribution is 2.12. The Bertz CT molecular complexity index is 915. The number of guanidine groups is 1. The molecule has 1 atom stereocenters. The lowest BCUT2D eigenvalue weighted by molar-refractivity contribution is 0.223. The van der Waals surface area contributed by atoms with Crippen molar-refractivity contribution in [3.8, 4) is 5.75 Å². The SMILES string of the molecule is CN=C(NCc1nccn1Cc1ccccc1)NCC(C)Oc1ccc(F)cc1.I. The van der Waals surface area contributed by atoms with E-state index < -0.39 is 0 Å². The number of hydrogen-bond donors (Lipinski definition) is 2. The van der Waals surface area contributed by atoms with Crippen LogP contribution in [0.1, 0.15) is 18.3 Å². The molecule has 0 bridgehead atoms. The topological polar surface area (TPSA) is 63.5 Å². The third-order valence-corrected chi connectivity index (χ3v) is 4.34. The van der Waals surface area contributed by atoms with Crippen molar-refractivity contribution >= 4 is 29.9 Å². The van der Waals surface area contributed by atoms with E-state index in [-0.39, 0.29) is 35.9 Å². The van der Waals surface area contributed by atoms with Crippen LogP contribution in [-0.4, -0.2) is 35.2 Å². The number of rotatable bonds is 8. The molecular weight excluding hydrogens is 496 g/mol. The highest BCUT2D eigenvalue weighted by atomic mass is 127. The fourth-order valence-electron chi connectivity index (χ4n) is 2.84. The zero-order valence-electron chi connectivity index (χ0n) is 17.1. The minimum absolute atomic E-state index is 0. The lowest BCUT2D eigenvalue weighted by Crippen LogP contribution is -2.41. The molecular formula is C22H27FIN5O. The molecule has 0 saturated heterocycles. The second-order valence-electron chi connectivity index (χ2n) is 6.65. The first kappa shape index (κ1) is 23.7. The summed E-state index contributed by atoms with van der Waals surface area (Å²) in [5.74, 6) is 1.94. The number of hydrogen-bond acceptors (Lipinski definition) is 3. The van der Waals surface area contributed by atoms with Gasteiger partial charge >= 0.3 is 0 Å². The van der Waals surface area contributed by atoms with E-state index in [0.717, 1.165) is 12.4 Å². The molecule has 6 nitrogen and oxygen atoms in total. The maximum atomic E-state index is 13.0. The summed E-state index contributed by atoms with van der Waals surface area (Å²) in [6.07, 6.45) is 3.66. The van der Waals surface area contributed by atoms with Crippen LogP contribution in [0.15, 0.2) is 72.0 Å². The summed E-state index contributed by atoms with van der Waals surface area (Å²) in [6.45, 7) is 3.81. The van der Waals surface area contributed by atoms with Crippen LogP contribution in [0, 0.1) is 5.82 Å². The molecule has 0 aliphatic heterocycles. The number of ether oxygens (including phenoxy) is 1. The van der Waals surface area contributed by atoms with Gasteiger partial charge in [0, 0.05) is 26.0 Å². The molecule has 3 rings (SSSR count). The molecule has 1 heterocycles. The summed E-state index contributed by atoms with van der Waals surface area (Å²) in [6, 6.07) is 16.3. The van der Waals surface area contributed by atoms with Crippen molar-refractivity contribution < 1.29 is 9.13 Å². The molecule has 2 N–H and O–H groups in total. The predicted molar refractivity (Wildman–Crippen MR) is 128 cm³/mol. The van der Waals surface area contributed by atoms with Gasteiger partial charge < -0.3 is 19.9 Å². The van der Waals surface area contributed by atoms with Gasteiger partial charge in [-0.05, 0) is 36.8 Å². The van der Waals surface area contributed by atoms with Crippen molar-refractivity contribution in [3.05, 3.63) is 84.2 Å². The third-order valence-electron chi connectivity index (χ3n) is 4.34. The van der Waals surface area contributed by atoms with E-state index in [1.807, 2.05) is 31.3 Å². The molecule has 0 fully saturated rings. The maximum Gasteiger partial charge on any atom is 0.191 e. The van der Waals surface area contributed by atoms with Gasteiger partial charge in [-0.25, -0.2) is 9.37 Å². The van der Waals surface area contributed by atoms with E-state index in [0.29, 0.717) is 24.8 Å². The highest BCUT2D eigenvalue weighted by molar-refractivity contribution is 14.0. The average Bonchev–Trinajstić information content (AvgIpc) is 3.17. The van der Waals surface area contributed by atoms with Crippen molar-refractivity contribution in [2.45, 2.75) is 26.1 Å². The summed E-state index contributed by atoms with van der Waals surface area (Å²) < 4.78 is 20.9. The van der Waals surface area contributed by atoms with Crippen molar-refractivity contribution in [1.82, 2.24) is 20.2 Å². The lowest BCUT2D eigenvalue weighted by Gasteiger charge is -2.18. The van der Waals surface area contributed by atoms with Crippen LogP contribution < -0.4 is 15.4 Å². The van der Waals surface area contributed by atoms with Crippen LogP contribution in [0.2, 0.25) is 0 Å². The number of imidazole rings is 1. The Morgan fingerprint density at radius 2 is 1.87 bits per heavy atom. The van der Waals surface area contributed by atoms with Crippen LogP contribution in [0.3, 0.4) is 0 Å². The molecule has 0 aliphatic carbocycles. The number of benzene rings is 2. The molecule has 160 valence electrons. The van der Waals surface area contributed by atoms with E-state index in [2.05, 4.69) is 37.3 Å². The van der Waals surface area contributed by atoms with Gasteiger partial charge in [-0.3, -0.25) is 4.99 Å². The predicted octanol–water partition coefficient (Wildman–Crippen LogP) is 3.82. The Kier molecular flexibility index (Phi) is 9.59. The van der Waals surface area contributed by atoms with E-state index >= 15 is 0 Å². The Morgan fingerprint density at radius 3 is 2.57 bits per heavy atom. The van der Waals surface area contributed by atoms with Crippen LogP contribution in [-0.2, 0) is 13.1 Å². The van der Waals surface area contributed by atoms with Crippen molar-refractivity contribution in [3.63, 3.8) is 0 Å². The minimum atomic E-state index is -0.279. The quantitative estimate of drug-likeness (QED) is 0.268. The number of nitrogens with one attached hydrogen (secondary N) is 2. The Morgan fingerprint density at radius 1 is 1.13 bits per heavy atom. The first-order valence-corrected chi connectivity index (χ1v) is 9.54. The zero-order chi connectivity index (χ0) is 20.5. The van der Waals surface area contributed by atoms with Crippen LogP contribution >= 0.6 is 24.0 Å². The van der Waals surface area contributed by atoms with Crippen LogP contribution in [0.4, 0.5) is 4.39 Å². The normalized spacial score (nSPS) is 12.0. The van der Waals surface area contributed by atoms with Gasteiger partial charge in [0.15, 0.2) is 5.96 Å². The molecule has 0 spiro atoms.